The molecular formula is C25H20N6OS. The van der Waals surface area contributed by atoms with Gasteiger partial charge in [0.2, 0.25) is 5.91 Å². The van der Waals surface area contributed by atoms with E-state index in [0.29, 0.717) is 12.2 Å². The Morgan fingerprint density at radius 3 is 2.88 bits per heavy atom. The average molecular weight is 453 g/mol. The van der Waals surface area contributed by atoms with Crippen LogP contribution >= 0.6 is 11.8 Å². The molecule has 0 spiro atoms. The van der Waals surface area contributed by atoms with Crippen molar-refractivity contribution in [1.82, 2.24) is 24.7 Å². The van der Waals surface area contributed by atoms with E-state index in [-0.39, 0.29) is 5.91 Å². The van der Waals surface area contributed by atoms with E-state index < -0.39 is 0 Å². The predicted molar refractivity (Wildman–Crippen MR) is 130 cm³/mol. The Hall–Kier alpha value is -4.17. The number of anilines is 1. The van der Waals surface area contributed by atoms with E-state index >= 15 is 0 Å². The Kier molecular flexibility index (Phi) is 5.73. The van der Waals surface area contributed by atoms with Gasteiger partial charge in [-0.05, 0) is 29.8 Å². The van der Waals surface area contributed by atoms with E-state index in [2.05, 4.69) is 39.1 Å². The number of hydrogen-bond acceptors (Lipinski definition) is 5. The molecule has 33 heavy (non-hydrogen) atoms. The van der Waals surface area contributed by atoms with E-state index in [9.17, 15) is 4.79 Å². The highest BCUT2D eigenvalue weighted by Crippen LogP contribution is 2.31. The van der Waals surface area contributed by atoms with Crippen LogP contribution in [0.1, 0.15) is 5.56 Å². The molecule has 2 N–H and O–H groups in total. The number of H-pyrrole nitrogens is 1. The lowest BCUT2D eigenvalue weighted by Gasteiger charge is -2.05. The van der Waals surface area contributed by atoms with Crippen LogP contribution in [0.25, 0.3) is 22.3 Å². The standard InChI is InChI=1S/C25H20N6OS/c1-2-22(32)29-19-9-6-10-20(11-19)33-23-14-27-25-24(30-23)21(13-26-25)18-12-28-31(16-18)15-17-7-4-3-5-8-17/h2-14,16H,1,15H2,(H,26,27)(H,29,32). The zero-order valence-electron chi connectivity index (χ0n) is 17.6. The fourth-order valence-corrected chi connectivity index (χ4v) is 4.27. The van der Waals surface area contributed by atoms with E-state index in [1.165, 1.54) is 23.4 Å². The number of fused-ring (bicyclic) bond motifs is 1. The molecule has 1 amide bonds. The summed E-state index contributed by atoms with van der Waals surface area (Å²) in [5, 5.41) is 8.04. The summed E-state index contributed by atoms with van der Waals surface area (Å²) in [4.78, 5) is 25.1. The molecule has 0 radical (unpaired) electrons. The maximum absolute atomic E-state index is 11.6. The summed E-state index contributed by atoms with van der Waals surface area (Å²) in [5.74, 6) is -0.247. The molecule has 5 rings (SSSR count). The fraction of sp³-hybridized carbons (Fsp3) is 0.0400. The van der Waals surface area contributed by atoms with Gasteiger partial charge in [-0.2, -0.15) is 5.10 Å². The molecule has 3 heterocycles. The number of aromatic nitrogens is 5. The molecule has 0 saturated carbocycles. The van der Waals surface area contributed by atoms with Gasteiger partial charge >= 0.3 is 0 Å². The molecule has 3 aromatic heterocycles. The summed E-state index contributed by atoms with van der Waals surface area (Å²) in [6.07, 6.45) is 8.76. The molecule has 0 atom stereocenters. The van der Waals surface area contributed by atoms with Crippen molar-refractivity contribution in [2.24, 2.45) is 0 Å². The number of rotatable bonds is 7. The second kappa shape index (κ2) is 9.13. The Morgan fingerprint density at radius 1 is 1.15 bits per heavy atom. The van der Waals surface area contributed by atoms with Crippen molar-refractivity contribution < 1.29 is 4.79 Å². The largest absolute Gasteiger partial charge is 0.344 e. The monoisotopic (exact) mass is 452 g/mol. The molecular weight excluding hydrogens is 432 g/mol. The van der Waals surface area contributed by atoms with Gasteiger partial charge in [-0.25, -0.2) is 9.97 Å². The van der Waals surface area contributed by atoms with Gasteiger partial charge < -0.3 is 10.3 Å². The van der Waals surface area contributed by atoms with Crippen LogP contribution in [0.3, 0.4) is 0 Å². The summed E-state index contributed by atoms with van der Waals surface area (Å²) in [6, 6.07) is 17.8. The van der Waals surface area contributed by atoms with Crippen LogP contribution in [-0.2, 0) is 11.3 Å². The van der Waals surface area contributed by atoms with Gasteiger partial charge in [0.1, 0.15) is 10.5 Å². The first-order chi connectivity index (χ1) is 16.2. The average Bonchev–Trinajstić information content (AvgIpc) is 3.46. The third-order valence-electron chi connectivity index (χ3n) is 5.00. The first kappa shape index (κ1) is 20.7. The minimum Gasteiger partial charge on any atom is -0.344 e. The SMILES string of the molecule is C=CC(=O)Nc1cccc(Sc2cnc3[nH]cc(-c4cnn(Cc5ccccc5)c4)c3n2)c1. The third-order valence-corrected chi connectivity index (χ3v) is 5.90. The van der Waals surface area contributed by atoms with Crippen LogP contribution in [0.4, 0.5) is 5.69 Å². The minimum atomic E-state index is -0.247. The molecule has 162 valence electrons. The Morgan fingerprint density at radius 2 is 2.03 bits per heavy atom. The van der Waals surface area contributed by atoms with Crippen molar-refractivity contribution in [3.8, 4) is 11.1 Å². The smallest absolute Gasteiger partial charge is 0.247 e. The lowest BCUT2D eigenvalue weighted by atomic mass is 10.2. The van der Waals surface area contributed by atoms with Crippen molar-refractivity contribution in [2.75, 3.05) is 5.32 Å². The number of nitrogens with zero attached hydrogens (tertiary/aromatic N) is 4. The molecule has 0 unspecified atom stereocenters. The van der Waals surface area contributed by atoms with Crippen LogP contribution < -0.4 is 5.32 Å². The molecule has 0 aliphatic rings. The number of benzene rings is 2. The first-order valence-electron chi connectivity index (χ1n) is 10.3. The van der Waals surface area contributed by atoms with Crippen LogP contribution in [0.15, 0.2) is 102 Å². The maximum Gasteiger partial charge on any atom is 0.247 e. The molecule has 5 aromatic rings. The number of aromatic amines is 1. The molecule has 0 saturated heterocycles. The van der Waals surface area contributed by atoms with E-state index in [1.54, 1.807) is 6.20 Å². The number of amides is 1. The van der Waals surface area contributed by atoms with Gasteiger partial charge in [0, 0.05) is 34.1 Å². The lowest BCUT2D eigenvalue weighted by Crippen LogP contribution is -2.06. The quantitative estimate of drug-likeness (QED) is 0.334. The molecule has 2 aromatic carbocycles. The first-order valence-corrected chi connectivity index (χ1v) is 11.1. The van der Waals surface area contributed by atoms with Gasteiger partial charge in [-0.15, -0.1) is 0 Å². The van der Waals surface area contributed by atoms with Crippen molar-refractivity contribution >= 4 is 34.5 Å². The van der Waals surface area contributed by atoms with E-state index in [1.807, 2.05) is 65.7 Å². The minimum absolute atomic E-state index is 0.247. The summed E-state index contributed by atoms with van der Waals surface area (Å²) >= 11 is 1.48. The van der Waals surface area contributed by atoms with Gasteiger partial charge in [-0.1, -0.05) is 54.7 Å². The predicted octanol–water partition coefficient (Wildman–Crippen LogP) is 5.15. The summed E-state index contributed by atoms with van der Waals surface area (Å²) < 4.78 is 1.92. The number of carbonyl (C=O) groups is 1. The Balaban J connectivity index is 1.39. The number of nitrogens with one attached hydrogen (secondary N) is 2. The Bertz CT molecular complexity index is 1440. The molecule has 0 aliphatic carbocycles. The maximum atomic E-state index is 11.6. The fourth-order valence-electron chi connectivity index (χ4n) is 3.46. The highest BCUT2D eigenvalue weighted by atomic mass is 32.2. The second-order valence-corrected chi connectivity index (χ2v) is 8.44. The van der Waals surface area contributed by atoms with Crippen molar-refractivity contribution in [3.05, 3.63) is 97.6 Å². The van der Waals surface area contributed by atoms with Crippen molar-refractivity contribution in [1.29, 1.82) is 0 Å². The summed E-state index contributed by atoms with van der Waals surface area (Å²) in [6.45, 7) is 4.18. The summed E-state index contributed by atoms with van der Waals surface area (Å²) in [7, 11) is 0. The van der Waals surface area contributed by atoms with Crippen LogP contribution in [-0.4, -0.2) is 30.6 Å². The second-order valence-electron chi connectivity index (χ2n) is 7.34. The van der Waals surface area contributed by atoms with Gasteiger partial charge in [0.15, 0.2) is 5.65 Å². The van der Waals surface area contributed by atoms with Crippen LogP contribution in [0.5, 0.6) is 0 Å². The van der Waals surface area contributed by atoms with E-state index in [0.717, 1.165) is 32.2 Å². The molecule has 0 aliphatic heterocycles. The van der Waals surface area contributed by atoms with Crippen LogP contribution in [0, 0.1) is 0 Å². The van der Waals surface area contributed by atoms with Gasteiger partial charge in [-0.3, -0.25) is 9.48 Å². The molecule has 8 heteroatoms. The van der Waals surface area contributed by atoms with Crippen molar-refractivity contribution in [3.63, 3.8) is 0 Å². The highest BCUT2D eigenvalue weighted by molar-refractivity contribution is 7.99. The highest BCUT2D eigenvalue weighted by Gasteiger charge is 2.13. The normalized spacial score (nSPS) is 10.9. The topological polar surface area (TPSA) is 88.5 Å². The third kappa shape index (κ3) is 4.70. The zero-order chi connectivity index (χ0) is 22.6. The van der Waals surface area contributed by atoms with E-state index in [4.69, 9.17) is 4.98 Å². The molecule has 0 fully saturated rings. The number of carbonyl (C=O) groups excluding carboxylic acids is 1. The van der Waals surface area contributed by atoms with Crippen LogP contribution in [0.2, 0.25) is 0 Å². The molecule has 0 bridgehead atoms. The van der Waals surface area contributed by atoms with Crippen molar-refractivity contribution in [2.45, 2.75) is 16.5 Å². The van der Waals surface area contributed by atoms with Gasteiger partial charge in [0.05, 0.1) is 18.9 Å². The summed E-state index contributed by atoms with van der Waals surface area (Å²) in [5.41, 5.74) is 5.32. The Labute approximate surface area is 194 Å². The van der Waals surface area contributed by atoms with Gasteiger partial charge in [0.25, 0.3) is 0 Å². The zero-order valence-corrected chi connectivity index (χ0v) is 18.4. The lowest BCUT2D eigenvalue weighted by molar-refractivity contribution is -0.111. The molecule has 7 nitrogen and oxygen atoms in total. The number of hydrogen-bond donors (Lipinski definition) is 2.